The first-order chi connectivity index (χ1) is 9.15. The predicted molar refractivity (Wildman–Crippen MR) is 60.5 cm³/mol. The van der Waals surface area contributed by atoms with Gasteiger partial charge in [-0.15, -0.1) is 0 Å². The number of rotatable bonds is 1. The molecule has 1 fully saturated rings. The van der Waals surface area contributed by atoms with Gasteiger partial charge in [0.15, 0.2) is 0 Å². The zero-order valence-electron chi connectivity index (χ0n) is 10.0. The molecule has 1 unspecified atom stereocenters. The molecule has 1 amide bonds. The van der Waals surface area contributed by atoms with E-state index in [1.165, 1.54) is 0 Å². The molecule has 0 saturated carbocycles. The van der Waals surface area contributed by atoms with Crippen molar-refractivity contribution < 1.29 is 27.5 Å². The number of hydrogen-bond acceptors (Lipinski definition) is 3. The van der Waals surface area contributed by atoms with Crippen LogP contribution in [0.3, 0.4) is 0 Å². The second-order valence-electron chi connectivity index (χ2n) is 4.35. The van der Waals surface area contributed by atoms with Gasteiger partial charge in [-0.2, -0.15) is 13.2 Å². The molecule has 1 atom stereocenters. The summed E-state index contributed by atoms with van der Waals surface area (Å²) >= 11 is 0. The number of carbonyl (C=O) groups is 1. The minimum atomic E-state index is -5.06. The highest BCUT2D eigenvalue weighted by molar-refractivity contribution is 5.94. The summed E-state index contributed by atoms with van der Waals surface area (Å²) in [6.07, 6.45) is -5.93. The van der Waals surface area contributed by atoms with Gasteiger partial charge in [-0.3, -0.25) is 10.2 Å². The van der Waals surface area contributed by atoms with E-state index in [0.717, 1.165) is 24.3 Å². The largest absolute Gasteiger partial charge is 0.438 e. The maximum atomic E-state index is 12.9. The Hall–Kier alpha value is -2.09. The van der Waals surface area contributed by atoms with Crippen molar-refractivity contribution in [3.8, 4) is 0 Å². The third-order valence-electron chi connectivity index (χ3n) is 2.85. The van der Waals surface area contributed by atoms with Crippen LogP contribution in [0.25, 0.3) is 0 Å². The zero-order valence-corrected chi connectivity index (χ0v) is 10.0. The van der Waals surface area contributed by atoms with Crippen LogP contribution in [0, 0.1) is 5.82 Å². The smallest absolute Gasteiger partial charge is 0.362 e. The van der Waals surface area contributed by atoms with Gasteiger partial charge in [0.05, 0.1) is 0 Å². The van der Waals surface area contributed by atoms with Crippen LogP contribution >= 0.6 is 0 Å². The van der Waals surface area contributed by atoms with Gasteiger partial charge in [0.2, 0.25) is 0 Å². The first-order valence-corrected chi connectivity index (χ1v) is 5.49. The van der Waals surface area contributed by atoms with Gasteiger partial charge in [-0.05, 0) is 24.3 Å². The number of benzene rings is 1. The molecule has 0 aliphatic carbocycles. The molecule has 108 valence electrons. The number of amides is 1. The van der Waals surface area contributed by atoms with E-state index in [0.29, 0.717) is 0 Å². The lowest BCUT2D eigenvalue weighted by Crippen LogP contribution is -2.59. The molecule has 1 aliphatic rings. The molecule has 0 radical (unpaired) electrons. The topological polar surface area (TPSA) is 52.6 Å². The number of hydrogen-bond donors (Lipinski definition) is 2. The number of hydrazine groups is 1. The molecule has 1 aromatic carbocycles. The fourth-order valence-corrected chi connectivity index (χ4v) is 1.83. The van der Waals surface area contributed by atoms with Gasteiger partial charge in [0, 0.05) is 17.7 Å². The number of halogens is 4. The van der Waals surface area contributed by atoms with Gasteiger partial charge in [0.25, 0.3) is 11.6 Å². The summed E-state index contributed by atoms with van der Waals surface area (Å²) in [7, 11) is 0. The molecule has 4 nitrogen and oxygen atoms in total. The SMILES string of the molecule is C=C1CC(O)(C(F)(F)F)N(C(=O)c2ccc(F)cc2)N1. The average Bonchev–Trinajstić information content (AvgIpc) is 2.65. The molecule has 1 aromatic rings. The van der Waals surface area contributed by atoms with Crippen molar-refractivity contribution in [3.63, 3.8) is 0 Å². The van der Waals surface area contributed by atoms with Gasteiger partial charge >= 0.3 is 6.18 Å². The first kappa shape index (κ1) is 14.3. The highest BCUT2D eigenvalue weighted by Crippen LogP contribution is 2.41. The average molecular weight is 290 g/mol. The summed E-state index contributed by atoms with van der Waals surface area (Å²) in [5, 5.41) is 9.79. The maximum absolute atomic E-state index is 12.9. The van der Waals surface area contributed by atoms with Crippen LogP contribution in [0.2, 0.25) is 0 Å². The molecule has 0 aromatic heterocycles. The van der Waals surface area contributed by atoms with E-state index < -0.39 is 30.0 Å². The Morgan fingerprint density at radius 2 is 1.90 bits per heavy atom. The summed E-state index contributed by atoms with van der Waals surface area (Å²) in [6.45, 7) is 3.28. The third-order valence-corrected chi connectivity index (χ3v) is 2.85. The predicted octanol–water partition coefficient (Wildman–Crippen LogP) is 1.94. The zero-order chi connectivity index (χ0) is 15.1. The lowest BCUT2D eigenvalue weighted by molar-refractivity contribution is -0.299. The second kappa shape index (κ2) is 4.48. The van der Waals surface area contributed by atoms with Crippen molar-refractivity contribution >= 4 is 5.91 Å². The number of carbonyl (C=O) groups excluding carboxylic acids is 1. The van der Waals surface area contributed by atoms with Crippen molar-refractivity contribution in [1.29, 1.82) is 0 Å². The lowest BCUT2D eigenvalue weighted by atomic mass is 10.1. The Morgan fingerprint density at radius 3 is 2.40 bits per heavy atom. The van der Waals surface area contributed by atoms with Gasteiger partial charge < -0.3 is 5.11 Å². The summed E-state index contributed by atoms with van der Waals surface area (Å²) in [5.74, 6) is -1.77. The molecule has 1 saturated heterocycles. The monoisotopic (exact) mass is 290 g/mol. The van der Waals surface area contributed by atoms with Gasteiger partial charge in [-0.25, -0.2) is 9.40 Å². The molecule has 1 aliphatic heterocycles. The standard InChI is InChI=1S/C12H10F4N2O2/c1-7-6-11(20,12(14,15)16)18(17-7)10(19)8-2-4-9(13)5-3-8/h2-5,17,20H,1,6H2. The number of aliphatic hydroxyl groups is 1. The van der Waals surface area contributed by atoms with E-state index in [4.69, 9.17) is 0 Å². The van der Waals surface area contributed by atoms with Crippen molar-refractivity contribution in [1.82, 2.24) is 10.4 Å². The van der Waals surface area contributed by atoms with Crippen LogP contribution in [0.15, 0.2) is 36.5 Å². The fraction of sp³-hybridized carbons (Fsp3) is 0.250. The number of nitrogens with zero attached hydrogens (tertiary/aromatic N) is 1. The van der Waals surface area contributed by atoms with E-state index in [1.54, 1.807) is 0 Å². The summed E-state index contributed by atoms with van der Waals surface area (Å²) in [5.41, 5.74) is -1.64. The Bertz CT molecular complexity index is 556. The molecular formula is C12H10F4N2O2. The van der Waals surface area contributed by atoms with Crippen LogP contribution in [0.4, 0.5) is 17.6 Å². The Labute approximate surface area is 111 Å². The van der Waals surface area contributed by atoms with Crippen molar-refractivity contribution in [2.45, 2.75) is 18.3 Å². The Morgan fingerprint density at radius 1 is 1.35 bits per heavy atom. The van der Waals surface area contributed by atoms with Crippen molar-refractivity contribution in [2.24, 2.45) is 0 Å². The van der Waals surface area contributed by atoms with Crippen LogP contribution in [0.1, 0.15) is 16.8 Å². The summed E-state index contributed by atoms with van der Waals surface area (Å²) < 4.78 is 51.5. The fourth-order valence-electron chi connectivity index (χ4n) is 1.83. The molecule has 1 heterocycles. The third kappa shape index (κ3) is 2.22. The Kier molecular flexibility index (Phi) is 3.21. The number of alkyl halides is 3. The minimum absolute atomic E-state index is 0.0581. The van der Waals surface area contributed by atoms with E-state index in [-0.39, 0.29) is 16.3 Å². The summed E-state index contributed by atoms with van der Waals surface area (Å²) in [4.78, 5) is 12.0. The quantitative estimate of drug-likeness (QED) is 0.777. The van der Waals surface area contributed by atoms with E-state index in [9.17, 15) is 27.5 Å². The van der Waals surface area contributed by atoms with Crippen LogP contribution < -0.4 is 5.43 Å². The molecule has 2 rings (SSSR count). The van der Waals surface area contributed by atoms with E-state index in [2.05, 4.69) is 12.0 Å². The van der Waals surface area contributed by atoms with Gasteiger partial charge in [0.1, 0.15) is 5.82 Å². The van der Waals surface area contributed by atoms with Crippen LogP contribution in [-0.4, -0.2) is 27.9 Å². The maximum Gasteiger partial charge on any atom is 0.438 e. The number of nitrogens with one attached hydrogen (secondary N) is 1. The Balaban J connectivity index is 2.37. The molecule has 20 heavy (non-hydrogen) atoms. The highest BCUT2D eigenvalue weighted by atomic mass is 19.4. The summed E-state index contributed by atoms with van der Waals surface area (Å²) in [6, 6.07) is 3.92. The minimum Gasteiger partial charge on any atom is -0.362 e. The van der Waals surface area contributed by atoms with Crippen LogP contribution in [0.5, 0.6) is 0 Å². The normalized spacial score (nSPS) is 22.9. The molecule has 0 spiro atoms. The first-order valence-electron chi connectivity index (χ1n) is 5.49. The van der Waals surface area contributed by atoms with Crippen molar-refractivity contribution in [3.05, 3.63) is 47.9 Å². The second-order valence-corrected chi connectivity index (χ2v) is 4.35. The van der Waals surface area contributed by atoms with E-state index in [1.807, 2.05) is 0 Å². The molecule has 2 N–H and O–H groups in total. The van der Waals surface area contributed by atoms with E-state index >= 15 is 0 Å². The van der Waals surface area contributed by atoms with Gasteiger partial charge in [-0.1, -0.05) is 6.58 Å². The molecular weight excluding hydrogens is 280 g/mol. The van der Waals surface area contributed by atoms with Crippen molar-refractivity contribution in [2.75, 3.05) is 0 Å². The lowest BCUT2D eigenvalue weighted by Gasteiger charge is -2.33. The van der Waals surface area contributed by atoms with Crippen LogP contribution in [-0.2, 0) is 0 Å². The highest BCUT2D eigenvalue weighted by Gasteiger charge is 2.63. The molecule has 0 bridgehead atoms. The molecule has 8 heteroatoms.